The van der Waals surface area contributed by atoms with Crippen molar-refractivity contribution in [2.24, 2.45) is 0 Å². The Kier molecular flexibility index (Phi) is 7.82. The van der Waals surface area contributed by atoms with Gasteiger partial charge in [0.25, 0.3) is 11.8 Å². The van der Waals surface area contributed by atoms with Crippen LogP contribution in [0.5, 0.6) is 0 Å². The highest BCUT2D eigenvalue weighted by Gasteiger charge is 2.15. The second-order valence-corrected chi connectivity index (χ2v) is 6.18. The monoisotopic (exact) mass is 369 g/mol. The molecule has 0 aliphatic heterocycles. The van der Waals surface area contributed by atoms with Gasteiger partial charge in [-0.2, -0.15) is 0 Å². The lowest BCUT2D eigenvalue weighted by Crippen LogP contribution is -2.39. The van der Waals surface area contributed by atoms with Crippen molar-refractivity contribution in [2.45, 2.75) is 20.8 Å². The number of nitrogens with one attached hydrogen (secondary N) is 2. The van der Waals surface area contributed by atoms with Gasteiger partial charge in [0.05, 0.1) is 6.26 Å². The lowest BCUT2D eigenvalue weighted by molar-refractivity contribution is -0.117. The lowest BCUT2D eigenvalue weighted by Gasteiger charge is -2.18. The lowest BCUT2D eigenvalue weighted by atomic mass is 10.1. The summed E-state index contributed by atoms with van der Waals surface area (Å²) in [6.07, 6.45) is 3.04. The fraction of sp³-hybridized carbons (Fsp3) is 0.333. The number of amides is 2. The number of carbonyl (C=O) groups excluding carboxylic acids is 2. The van der Waals surface area contributed by atoms with Crippen molar-refractivity contribution in [3.05, 3.63) is 65.2 Å². The summed E-state index contributed by atoms with van der Waals surface area (Å²) in [6.45, 7) is 9.20. The molecule has 6 nitrogen and oxygen atoms in total. The minimum Gasteiger partial charge on any atom is -0.465 e. The molecular formula is C21H27N3O3. The molecule has 144 valence electrons. The molecular weight excluding hydrogens is 342 g/mol. The first-order valence-corrected chi connectivity index (χ1v) is 9.17. The molecule has 1 aromatic carbocycles. The van der Waals surface area contributed by atoms with E-state index in [9.17, 15) is 9.59 Å². The summed E-state index contributed by atoms with van der Waals surface area (Å²) < 4.78 is 5.28. The van der Waals surface area contributed by atoms with Crippen LogP contribution in [0.15, 0.2) is 52.8 Å². The van der Waals surface area contributed by atoms with Crippen LogP contribution in [0.4, 0.5) is 0 Å². The molecule has 27 heavy (non-hydrogen) atoms. The van der Waals surface area contributed by atoms with Crippen molar-refractivity contribution in [2.75, 3.05) is 26.2 Å². The number of benzene rings is 1. The molecule has 0 aliphatic carbocycles. The summed E-state index contributed by atoms with van der Waals surface area (Å²) in [4.78, 5) is 27.3. The summed E-state index contributed by atoms with van der Waals surface area (Å²) >= 11 is 0. The molecule has 2 N–H and O–H groups in total. The van der Waals surface area contributed by atoms with E-state index in [-0.39, 0.29) is 17.5 Å². The van der Waals surface area contributed by atoms with Crippen LogP contribution in [0.25, 0.3) is 6.08 Å². The van der Waals surface area contributed by atoms with Gasteiger partial charge >= 0.3 is 0 Å². The van der Waals surface area contributed by atoms with E-state index >= 15 is 0 Å². The maximum absolute atomic E-state index is 12.6. The molecule has 0 saturated carbocycles. The Morgan fingerprint density at radius 2 is 1.81 bits per heavy atom. The van der Waals surface area contributed by atoms with Crippen LogP contribution in [0.1, 0.15) is 35.5 Å². The van der Waals surface area contributed by atoms with Gasteiger partial charge in [-0.05, 0) is 44.3 Å². The highest BCUT2D eigenvalue weighted by Crippen LogP contribution is 2.08. The number of likely N-dealkylation sites (N-methyl/N-ethyl adjacent to an activating group) is 1. The van der Waals surface area contributed by atoms with Crippen LogP contribution in [-0.4, -0.2) is 42.9 Å². The third kappa shape index (κ3) is 6.42. The Bertz CT molecular complexity index is 760. The van der Waals surface area contributed by atoms with E-state index in [0.717, 1.165) is 25.2 Å². The molecule has 6 heteroatoms. The number of hydrogen-bond donors (Lipinski definition) is 2. The van der Waals surface area contributed by atoms with Gasteiger partial charge in [0.2, 0.25) is 0 Å². The van der Waals surface area contributed by atoms with Crippen LogP contribution in [0.2, 0.25) is 0 Å². The van der Waals surface area contributed by atoms with Crippen LogP contribution in [-0.2, 0) is 4.79 Å². The first-order valence-electron chi connectivity index (χ1n) is 9.17. The second kappa shape index (κ2) is 10.3. The fourth-order valence-electron chi connectivity index (χ4n) is 2.54. The van der Waals surface area contributed by atoms with Gasteiger partial charge < -0.3 is 20.0 Å². The second-order valence-electron chi connectivity index (χ2n) is 6.18. The summed E-state index contributed by atoms with van der Waals surface area (Å²) in [5.74, 6) is -0.196. The van der Waals surface area contributed by atoms with Crippen LogP contribution in [0, 0.1) is 6.92 Å². The van der Waals surface area contributed by atoms with Crippen molar-refractivity contribution in [1.29, 1.82) is 0 Å². The van der Waals surface area contributed by atoms with Crippen LogP contribution >= 0.6 is 0 Å². The average molecular weight is 369 g/mol. The quantitative estimate of drug-likeness (QED) is 0.667. The van der Waals surface area contributed by atoms with Gasteiger partial charge in [-0.25, -0.2) is 0 Å². The van der Waals surface area contributed by atoms with Crippen LogP contribution in [0.3, 0.4) is 0 Å². The standard InChI is InChI=1S/C21H27N3O3/c1-4-24(5-2)13-12-22-21(26)19(15-18-7-6-14-27-18)23-20(25)17-10-8-16(3)9-11-17/h6-11,14-15H,4-5,12-13H2,1-3H3,(H,22,26)(H,23,25). The molecule has 0 atom stereocenters. The van der Waals surface area contributed by atoms with Crippen molar-refractivity contribution in [3.8, 4) is 0 Å². The third-order valence-corrected chi connectivity index (χ3v) is 4.24. The summed E-state index contributed by atoms with van der Waals surface area (Å²) in [5, 5.41) is 5.55. The highest BCUT2D eigenvalue weighted by atomic mass is 16.3. The summed E-state index contributed by atoms with van der Waals surface area (Å²) in [7, 11) is 0. The first kappa shape index (κ1) is 20.5. The van der Waals surface area contributed by atoms with E-state index in [1.54, 1.807) is 24.3 Å². The fourth-order valence-corrected chi connectivity index (χ4v) is 2.54. The molecule has 0 aliphatic rings. The SMILES string of the molecule is CCN(CC)CCNC(=O)C(=Cc1ccco1)NC(=O)c1ccc(C)cc1. The molecule has 0 saturated heterocycles. The summed E-state index contributed by atoms with van der Waals surface area (Å²) in [5.41, 5.74) is 1.70. The number of rotatable bonds is 9. The molecule has 1 aromatic heterocycles. The normalized spacial score (nSPS) is 11.5. The number of furan rings is 1. The maximum atomic E-state index is 12.6. The minimum atomic E-state index is -0.348. The number of carbonyl (C=O) groups is 2. The van der Waals surface area contributed by atoms with E-state index < -0.39 is 0 Å². The van der Waals surface area contributed by atoms with Crippen molar-refractivity contribution < 1.29 is 14.0 Å². The van der Waals surface area contributed by atoms with Gasteiger partial charge in [0.15, 0.2) is 0 Å². The zero-order valence-corrected chi connectivity index (χ0v) is 16.1. The summed E-state index contributed by atoms with van der Waals surface area (Å²) in [6, 6.07) is 10.6. The van der Waals surface area contributed by atoms with E-state index in [4.69, 9.17) is 4.42 Å². The Morgan fingerprint density at radius 3 is 2.41 bits per heavy atom. The smallest absolute Gasteiger partial charge is 0.267 e. The topological polar surface area (TPSA) is 74.6 Å². The van der Waals surface area contributed by atoms with Crippen LogP contribution < -0.4 is 10.6 Å². The predicted molar refractivity (Wildman–Crippen MR) is 106 cm³/mol. The minimum absolute atomic E-state index is 0.148. The van der Waals surface area contributed by atoms with E-state index in [2.05, 4.69) is 29.4 Å². The number of nitrogens with zero attached hydrogens (tertiary/aromatic N) is 1. The van der Waals surface area contributed by atoms with Crippen molar-refractivity contribution in [1.82, 2.24) is 15.5 Å². The average Bonchev–Trinajstić information content (AvgIpc) is 3.18. The zero-order chi connectivity index (χ0) is 19.6. The Labute approximate surface area is 160 Å². The molecule has 2 aromatic rings. The van der Waals surface area contributed by atoms with Crippen molar-refractivity contribution >= 4 is 17.9 Å². The largest absolute Gasteiger partial charge is 0.465 e. The van der Waals surface area contributed by atoms with Crippen molar-refractivity contribution in [3.63, 3.8) is 0 Å². The zero-order valence-electron chi connectivity index (χ0n) is 16.1. The third-order valence-electron chi connectivity index (χ3n) is 4.24. The molecule has 0 bridgehead atoms. The molecule has 2 rings (SSSR count). The Balaban J connectivity index is 2.08. The van der Waals surface area contributed by atoms with E-state index in [1.165, 1.54) is 12.3 Å². The van der Waals surface area contributed by atoms with E-state index in [0.29, 0.717) is 17.9 Å². The number of hydrogen-bond acceptors (Lipinski definition) is 4. The van der Waals surface area contributed by atoms with Gasteiger partial charge in [-0.1, -0.05) is 31.5 Å². The van der Waals surface area contributed by atoms with Gasteiger partial charge in [-0.15, -0.1) is 0 Å². The molecule has 0 spiro atoms. The molecule has 0 radical (unpaired) electrons. The highest BCUT2D eigenvalue weighted by molar-refractivity contribution is 6.05. The molecule has 1 heterocycles. The maximum Gasteiger partial charge on any atom is 0.267 e. The molecule has 0 fully saturated rings. The molecule has 2 amide bonds. The predicted octanol–water partition coefficient (Wildman–Crippen LogP) is 2.82. The van der Waals surface area contributed by atoms with Gasteiger partial charge in [0.1, 0.15) is 11.5 Å². The first-order chi connectivity index (χ1) is 13.0. The Morgan fingerprint density at radius 1 is 1.11 bits per heavy atom. The Hall–Kier alpha value is -2.86. The van der Waals surface area contributed by atoms with Gasteiger partial charge in [-0.3, -0.25) is 9.59 Å². The van der Waals surface area contributed by atoms with E-state index in [1.807, 2.05) is 19.1 Å². The number of aryl methyl sites for hydroxylation is 1. The van der Waals surface area contributed by atoms with Gasteiger partial charge in [0, 0.05) is 24.7 Å². The molecule has 0 unspecified atom stereocenters.